The Morgan fingerprint density at radius 1 is 1.40 bits per heavy atom. The molecule has 2 unspecified atom stereocenters. The minimum atomic E-state index is -0.101. The van der Waals surface area contributed by atoms with Gasteiger partial charge >= 0.3 is 0 Å². The molecule has 108 valence electrons. The van der Waals surface area contributed by atoms with Gasteiger partial charge in [-0.25, -0.2) is 4.98 Å². The fourth-order valence-corrected chi connectivity index (χ4v) is 3.62. The van der Waals surface area contributed by atoms with Gasteiger partial charge in [-0.15, -0.1) is 0 Å². The predicted octanol–water partition coefficient (Wildman–Crippen LogP) is 0.642. The Morgan fingerprint density at radius 2 is 2.10 bits per heavy atom. The zero-order valence-corrected chi connectivity index (χ0v) is 12.8. The second-order valence-electron chi connectivity index (χ2n) is 5.45. The summed E-state index contributed by atoms with van der Waals surface area (Å²) in [5.74, 6) is 0. The van der Waals surface area contributed by atoms with Crippen LogP contribution in [0.2, 0.25) is 0 Å². The van der Waals surface area contributed by atoms with Crippen LogP contribution >= 0.6 is 11.3 Å². The van der Waals surface area contributed by atoms with Gasteiger partial charge in [0.05, 0.1) is 6.54 Å². The first-order chi connectivity index (χ1) is 9.54. The van der Waals surface area contributed by atoms with E-state index in [1.807, 2.05) is 6.92 Å². The number of nitrogens with one attached hydrogen (secondary N) is 1. The number of hydrogen-bond donors (Lipinski definition) is 1. The molecule has 2 aromatic heterocycles. The number of nitrogens with zero attached hydrogens (tertiary/aromatic N) is 4. The Hall–Kier alpha value is -1.31. The maximum Gasteiger partial charge on any atom is 0.275 e. The van der Waals surface area contributed by atoms with Gasteiger partial charge in [0.1, 0.15) is 5.01 Å². The molecule has 20 heavy (non-hydrogen) atoms. The van der Waals surface area contributed by atoms with Crippen LogP contribution in [0, 0.1) is 6.92 Å². The first-order valence-electron chi connectivity index (χ1n) is 6.87. The third-order valence-electron chi connectivity index (χ3n) is 3.74. The quantitative estimate of drug-likeness (QED) is 0.880. The van der Waals surface area contributed by atoms with Gasteiger partial charge < -0.3 is 5.32 Å². The van der Waals surface area contributed by atoms with Crippen molar-refractivity contribution in [2.45, 2.75) is 39.4 Å². The second kappa shape index (κ2) is 5.23. The lowest BCUT2D eigenvalue weighted by Gasteiger charge is -2.38. The Bertz CT molecular complexity index is 669. The van der Waals surface area contributed by atoms with Crippen LogP contribution in [0.4, 0.5) is 0 Å². The average Bonchev–Trinajstić information content (AvgIpc) is 2.77. The van der Waals surface area contributed by atoms with E-state index >= 15 is 0 Å². The van der Waals surface area contributed by atoms with E-state index in [1.54, 1.807) is 0 Å². The molecule has 0 radical (unpaired) electrons. The Balaban J connectivity index is 1.91. The zero-order valence-electron chi connectivity index (χ0n) is 12.0. The minimum Gasteiger partial charge on any atom is -0.314 e. The standard InChI is InChI=1S/C13H19N5OS/c1-8-4-12(19)18-13(15-8)20-11(16-18)7-17-9(2)5-14-6-10(17)3/h4,9-10,14H,5-7H2,1-3H3. The van der Waals surface area contributed by atoms with Gasteiger partial charge in [0, 0.05) is 36.9 Å². The summed E-state index contributed by atoms with van der Waals surface area (Å²) in [6, 6.07) is 2.46. The van der Waals surface area contributed by atoms with Crippen molar-refractivity contribution in [3.05, 3.63) is 27.1 Å². The van der Waals surface area contributed by atoms with Crippen molar-refractivity contribution in [2.24, 2.45) is 0 Å². The van der Waals surface area contributed by atoms with Crippen molar-refractivity contribution in [2.75, 3.05) is 13.1 Å². The molecule has 1 aliphatic heterocycles. The summed E-state index contributed by atoms with van der Waals surface area (Å²) in [6.45, 7) is 9.02. The van der Waals surface area contributed by atoms with Gasteiger partial charge in [-0.3, -0.25) is 9.69 Å². The van der Waals surface area contributed by atoms with Crippen molar-refractivity contribution >= 4 is 16.3 Å². The van der Waals surface area contributed by atoms with Gasteiger partial charge in [-0.05, 0) is 20.8 Å². The SMILES string of the molecule is Cc1cc(=O)n2nc(CN3C(C)CNCC3C)sc2n1. The molecule has 7 heteroatoms. The van der Waals surface area contributed by atoms with E-state index in [0.29, 0.717) is 17.0 Å². The molecule has 0 aliphatic carbocycles. The fraction of sp³-hybridized carbons (Fsp3) is 0.615. The molecule has 3 heterocycles. The van der Waals surface area contributed by atoms with Crippen LogP contribution in [0.3, 0.4) is 0 Å². The van der Waals surface area contributed by atoms with E-state index in [4.69, 9.17) is 0 Å². The smallest absolute Gasteiger partial charge is 0.275 e. The van der Waals surface area contributed by atoms with Crippen molar-refractivity contribution in [3.63, 3.8) is 0 Å². The number of aryl methyl sites for hydroxylation is 1. The Labute approximate surface area is 121 Å². The van der Waals surface area contributed by atoms with Crippen LogP contribution in [0.15, 0.2) is 10.9 Å². The van der Waals surface area contributed by atoms with Crippen LogP contribution in [-0.4, -0.2) is 44.7 Å². The van der Waals surface area contributed by atoms with E-state index in [9.17, 15) is 4.79 Å². The number of rotatable bonds is 2. The first kappa shape index (κ1) is 13.7. The van der Waals surface area contributed by atoms with Crippen LogP contribution in [0.25, 0.3) is 4.96 Å². The molecule has 0 aromatic carbocycles. The molecule has 1 fully saturated rings. The maximum atomic E-state index is 11.9. The summed E-state index contributed by atoms with van der Waals surface area (Å²) in [5, 5.41) is 8.78. The van der Waals surface area contributed by atoms with Crippen LogP contribution in [0.1, 0.15) is 24.5 Å². The maximum absolute atomic E-state index is 11.9. The van der Waals surface area contributed by atoms with Gasteiger partial charge in [0.25, 0.3) is 5.56 Å². The van der Waals surface area contributed by atoms with Crippen molar-refractivity contribution < 1.29 is 0 Å². The van der Waals surface area contributed by atoms with E-state index in [1.165, 1.54) is 21.9 Å². The molecule has 2 aromatic rings. The summed E-state index contributed by atoms with van der Waals surface area (Å²) < 4.78 is 1.41. The Kier molecular flexibility index (Phi) is 3.57. The molecule has 1 saturated heterocycles. The van der Waals surface area contributed by atoms with Crippen molar-refractivity contribution in [1.29, 1.82) is 0 Å². The molecule has 0 bridgehead atoms. The van der Waals surface area contributed by atoms with Crippen molar-refractivity contribution in [1.82, 2.24) is 24.8 Å². The lowest BCUT2D eigenvalue weighted by Crippen LogP contribution is -2.54. The largest absolute Gasteiger partial charge is 0.314 e. The number of aromatic nitrogens is 3. The topological polar surface area (TPSA) is 62.5 Å². The summed E-state index contributed by atoms with van der Waals surface area (Å²) in [5.41, 5.74) is 0.644. The number of hydrogen-bond acceptors (Lipinski definition) is 6. The highest BCUT2D eigenvalue weighted by molar-refractivity contribution is 7.16. The average molecular weight is 293 g/mol. The molecule has 0 saturated carbocycles. The van der Waals surface area contributed by atoms with Crippen LogP contribution in [0.5, 0.6) is 0 Å². The third kappa shape index (κ3) is 2.48. The molecule has 2 atom stereocenters. The molecular formula is C13H19N5OS. The lowest BCUT2D eigenvalue weighted by atomic mass is 10.1. The van der Waals surface area contributed by atoms with Gasteiger partial charge in [0.15, 0.2) is 0 Å². The van der Waals surface area contributed by atoms with Crippen LogP contribution in [-0.2, 0) is 6.54 Å². The molecule has 3 rings (SSSR count). The van der Waals surface area contributed by atoms with E-state index < -0.39 is 0 Å². The lowest BCUT2D eigenvalue weighted by molar-refractivity contribution is 0.108. The number of fused-ring (bicyclic) bond motifs is 1. The van der Waals surface area contributed by atoms with Crippen LogP contribution < -0.4 is 10.9 Å². The fourth-order valence-electron chi connectivity index (χ4n) is 2.66. The van der Waals surface area contributed by atoms with E-state index in [0.717, 1.165) is 30.3 Å². The van der Waals surface area contributed by atoms with E-state index in [-0.39, 0.29) is 5.56 Å². The zero-order chi connectivity index (χ0) is 14.3. The van der Waals surface area contributed by atoms with E-state index in [2.05, 4.69) is 34.1 Å². The van der Waals surface area contributed by atoms with Gasteiger partial charge in [-0.1, -0.05) is 11.3 Å². The second-order valence-corrected chi connectivity index (χ2v) is 6.50. The molecule has 0 spiro atoms. The summed E-state index contributed by atoms with van der Waals surface area (Å²) in [7, 11) is 0. The predicted molar refractivity (Wildman–Crippen MR) is 79.2 cm³/mol. The van der Waals surface area contributed by atoms with Gasteiger partial charge in [-0.2, -0.15) is 9.61 Å². The highest BCUT2D eigenvalue weighted by atomic mass is 32.1. The summed E-state index contributed by atoms with van der Waals surface area (Å²) in [6.07, 6.45) is 0. The number of piperazine rings is 1. The summed E-state index contributed by atoms with van der Waals surface area (Å²) >= 11 is 1.50. The first-order valence-corrected chi connectivity index (χ1v) is 7.69. The highest BCUT2D eigenvalue weighted by Gasteiger charge is 2.25. The third-order valence-corrected chi connectivity index (χ3v) is 4.64. The molecule has 0 amide bonds. The molecule has 1 aliphatic rings. The molecule has 1 N–H and O–H groups in total. The molecular weight excluding hydrogens is 274 g/mol. The highest BCUT2D eigenvalue weighted by Crippen LogP contribution is 2.18. The Morgan fingerprint density at radius 3 is 2.80 bits per heavy atom. The summed E-state index contributed by atoms with van der Waals surface area (Å²) in [4.78, 5) is 19.4. The minimum absolute atomic E-state index is 0.101. The normalized spacial score (nSPS) is 24.4. The monoisotopic (exact) mass is 293 g/mol. The molecule has 6 nitrogen and oxygen atoms in total. The van der Waals surface area contributed by atoms with Gasteiger partial charge in [0.2, 0.25) is 4.96 Å². The van der Waals surface area contributed by atoms with Crippen molar-refractivity contribution in [3.8, 4) is 0 Å².